The summed E-state index contributed by atoms with van der Waals surface area (Å²) in [6.45, 7) is 14.2. The molecule has 2 aliphatic rings. The monoisotopic (exact) mass is 437 g/mol. The van der Waals surface area contributed by atoms with E-state index in [1.807, 2.05) is 0 Å². The number of likely N-dealkylation sites (tertiary alicyclic amines) is 1. The minimum Gasteiger partial charge on any atom is -0.357 e. The van der Waals surface area contributed by atoms with Crippen molar-refractivity contribution in [3.63, 3.8) is 0 Å². The Labute approximate surface area is 159 Å². The third kappa shape index (κ3) is 7.13. The molecule has 0 aromatic heterocycles. The van der Waals surface area contributed by atoms with Crippen LogP contribution in [0.5, 0.6) is 0 Å². The Bertz CT molecular complexity index is 346. The van der Waals surface area contributed by atoms with E-state index in [0.717, 1.165) is 51.3 Å². The molecule has 136 valence electrons. The smallest absolute Gasteiger partial charge is 0.191 e. The van der Waals surface area contributed by atoms with Crippen molar-refractivity contribution in [3.8, 4) is 0 Å². The molecule has 1 saturated carbocycles. The van der Waals surface area contributed by atoms with Gasteiger partial charge in [0, 0.05) is 31.7 Å². The fourth-order valence-electron chi connectivity index (χ4n) is 3.41. The van der Waals surface area contributed by atoms with Crippen LogP contribution in [0, 0.1) is 0 Å². The Morgan fingerprint density at radius 2 is 1.96 bits per heavy atom. The Hall–Kier alpha value is -0.0800. The second kappa shape index (κ2) is 11.5. The van der Waals surface area contributed by atoms with Crippen LogP contribution in [0.4, 0.5) is 0 Å². The van der Waals surface area contributed by atoms with Crippen molar-refractivity contribution >= 4 is 29.9 Å². The number of nitrogens with one attached hydrogen (secondary N) is 2. The lowest BCUT2D eigenvalue weighted by Crippen LogP contribution is -2.43. The van der Waals surface area contributed by atoms with Crippen LogP contribution < -0.4 is 10.6 Å². The van der Waals surface area contributed by atoms with Crippen LogP contribution in [-0.4, -0.2) is 73.7 Å². The van der Waals surface area contributed by atoms with Gasteiger partial charge in [-0.25, -0.2) is 0 Å². The van der Waals surface area contributed by atoms with Crippen LogP contribution in [0.3, 0.4) is 0 Å². The van der Waals surface area contributed by atoms with E-state index < -0.39 is 0 Å². The van der Waals surface area contributed by atoms with E-state index in [1.54, 1.807) is 0 Å². The van der Waals surface area contributed by atoms with E-state index in [0.29, 0.717) is 6.04 Å². The van der Waals surface area contributed by atoms with E-state index >= 15 is 0 Å². The SMILES string of the molecule is CCNC(=NCC1CCCN1CC)NCCN(CC)C1CC1.I. The molecule has 2 rings (SSSR count). The molecule has 1 aliphatic heterocycles. The molecule has 1 unspecified atom stereocenters. The minimum atomic E-state index is 0. The van der Waals surface area contributed by atoms with Crippen molar-refractivity contribution in [1.29, 1.82) is 0 Å². The summed E-state index contributed by atoms with van der Waals surface area (Å²) in [6.07, 6.45) is 5.39. The molecule has 1 heterocycles. The van der Waals surface area contributed by atoms with Gasteiger partial charge in [0.2, 0.25) is 0 Å². The summed E-state index contributed by atoms with van der Waals surface area (Å²) in [5.41, 5.74) is 0. The Balaban J connectivity index is 0.00000264. The summed E-state index contributed by atoms with van der Waals surface area (Å²) in [5, 5.41) is 6.88. The summed E-state index contributed by atoms with van der Waals surface area (Å²) >= 11 is 0. The molecule has 1 aliphatic carbocycles. The number of hydrogen-bond acceptors (Lipinski definition) is 3. The quantitative estimate of drug-likeness (QED) is 0.330. The zero-order valence-corrected chi connectivity index (χ0v) is 17.5. The molecule has 0 amide bonds. The molecule has 23 heavy (non-hydrogen) atoms. The summed E-state index contributed by atoms with van der Waals surface area (Å²) in [6, 6.07) is 1.49. The highest BCUT2D eigenvalue weighted by atomic mass is 127. The molecule has 5 nitrogen and oxygen atoms in total. The highest BCUT2D eigenvalue weighted by Gasteiger charge is 2.27. The number of likely N-dealkylation sites (N-methyl/N-ethyl adjacent to an activating group) is 2. The van der Waals surface area contributed by atoms with Crippen molar-refractivity contribution in [2.75, 3.05) is 45.8 Å². The number of guanidine groups is 1. The second-order valence-electron chi connectivity index (χ2n) is 6.43. The minimum absolute atomic E-state index is 0. The second-order valence-corrected chi connectivity index (χ2v) is 6.43. The maximum absolute atomic E-state index is 4.81. The summed E-state index contributed by atoms with van der Waals surface area (Å²) in [5.74, 6) is 0.984. The van der Waals surface area contributed by atoms with Crippen LogP contribution >= 0.6 is 24.0 Å². The average Bonchev–Trinajstić information content (AvgIpc) is 3.27. The van der Waals surface area contributed by atoms with Crippen LogP contribution in [-0.2, 0) is 0 Å². The molecule has 6 heteroatoms. The number of aliphatic imine (C=N–C) groups is 1. The molecule has 1 atom stereocenters. The van der Waals surface area contributed by atoms with E-state index in [2.05, 4.69) is 41.2 Å². The maximum Gasteiger partial charge on any atom is 0.191 e. The Morgan fingerprint density at radius 3 is 2.57 bits per heavy atom. The van der Waals surface area contributed by atoms with Crippen molar-refractivity contribution in [1.82, 2.24) is 20.4 Å². The van der Waals surface area contributed by atoms with Gasteiger partial charge in [-0.05, 0) is 52.2 Å². The third-order valence-corrected chi connectivity index (χ3v) is 4.87. The summed E-state index contributed by atoms with van der Waals surface area (Å²) in [7, 11) is 0. The predicted octanol–water partition coefficient (Wildman–Crippen LogP) is 2.13. The van der Waals surface area contributed by atoms with Crippen molar-refractivity contribution < 1.29 is 0 Å². The molecular weight excluding hydrogens is 401 g/mol. The molecular formula is C17H36IN5. The molecule has 0 radical (unpaired) electrons. The van der Waals surface area contributed by atoms with Crippen LogP contribution in [0.25, 0.3) is 0 Å². The van der Waals surface area contributed by atoms with Crippen molar-refractivity contribution in [2.45, 2.75) is 58.5 Å². The Kier molecular flexibility index (Phi) is 10.5. The standard InChI is InChI=1S/C17H35N5.HI/c1-4-18-17(19-11-13-22(6-3)15-9-10-15)20-14-16-8-7-12-21(16)5-2;/h15-16H,4-14H2,1-3H3,(H2,18,19,20);1H. The average molecular weight is 437 g/mol. The highest BCUT2D eigenvalue weighted by molar-refractivity contribution is 14.0. The first-order chi connectivity index (χ1) is 10.8. The van der Waals surface area contributed by atoms with Gasteiger partial charge in [0.05, 0.1) is 6.54 Å². The zero-order chi connectivity index (χ0) is 15.8. The highest BCUT2D eigenvalue weighted by Crippen LogP contribution is 2.25. The zero-order valence-electron chi connectivity index (χ0n) is 15.2. The third-order valence-electron chi connectivity index (χ3n) is 4.87. The van der Waals surface area contributed by atoms with Gasteiger partial charge in [0.15, 0.2) is 5.96 Å². The van der Waals surface area contributed by atoms with E-state index in [4.69, 9.17) is 4.99 Å². The van der Waals surface area contributed by atoms with E-state index in [9.17, 15) is 0 Å². The van der Waals surface area contributed by atoms with Crippen LogP contribution in [0.15, 0.2) is 4.99 Å². The van der Waals surface area contributed by atoms with Gasteiger partial charge in [0.25, 0.3) is 0 Å². The molecule has 0 spiro atoms. The molecule has 2 fully saturated rings. The number of rotatable bonds is 9. The Morgan fingerprint density at radius 1 is 1.17 bits per heavy atom. The van der Waals surface area contributed by atoms with Gasteiger partial charge >= 0.3 is 0 Å². The molecule has 0 aromatic rings. The van der Waals surface area contributed by atoms with Crippen molar-refractivity contribution in [2.24, 2.45) is 4.99 Å². The van der Waals surface area contributed by atoms with Crippen LogP contribution in [0.2, 0.25) is 0 Å². The normalized spacial score (nSPS) is 22.3. The van der Waals surface area contributed by atoms with Gasteiger partial charge in [0.1, 0.15) is 0 Å². The van der Waals surface area contributed by atoms with Gasteiger partial charge in [-0.1, -0.05) is 13.8 Å². The van der Waals surface area contributed by atoms with Gasteiger partial charge in [-0.2, -0.15) is 0 Å². The number of halogens is 1. The largest absolute Gasteiger partial charge is 0.357 e. The first-order valence-electron chi connectivity index (χ1n) is 9.28. The van der Waals surface area contributed by atoms with Gasteiger partial charge < -0.3 is 10.6 Å². The molecule has 2 N–H and O–H groups in total. The lowest BCUT2D eigenvalue weighted by atomic mass is 10.2. The van der Waals surface area contributed by atoms with Gasteiger partial charge in [-0.3, -0.25) is 14.8 Å². The van der Waals surface area contributed by atoms with Gasteiger partial charge in [-0.15, -0.1) is 24.0 Å². The topological polar surface area (TPSA) is 42.9 Å². The lowest BCUT2D eigenvalue weighted by molar-refractivity contribution is 0.272. The fraction of sp³-hybridized carbons (Fsp3) is 0.941. The first-order valence-corrected chi connectivity index (χ1v) is 9.28. The number of hydrogen-bond donors (Lipinski definition) is 2. The fourth-order valence-corrected chi connectivity index (χ4v) is 3.41. The van der Waals surface area contributed by atoms with E-state index in [-0.39, 0.29) is 24.0 Å². The maximum atomic E-state index is 4.81. The molecule has 0 bridgehead atoms. The predicted molar refractivity (Wildman–Crippen MR) is 110 cm³/mol. The van der Waals surface area contributed by atoms with Crippen molar-refractivity contribution in [3.05, 3.63) is 0 Å². The summed E-state index contributed by atoms with van der Waals surface area (Å²) < 4.78 is 0. The molecule has 0 aromatic carbocycles. The number of nitrogens with zero attached hydrogens (tertiary/aromatic N) is 3. The lowest BCUT2D eigenvalue weighted by Gasteiger charge is -2.22. The van der Waals surface area contributed by atoms with E-state index in [1.165, 1.54) is 32.2 Å². The first kappa shape index (κ1) is 21.0. The summed E-state index contributed by atoms with van der Waals surface area (Å²) in [4.78, 5) is 9.94. The molecule has 1 saturated heterocycles. The van der Waals surface area contributed by atoms with Crippen LogP contribution in [0.1, 0.15) is 46.5 Å².